The molecule has 0 aliphatic heterocycles. The van der Waals surface area contributed by atoms with Gasteiger partial charge in [-0.05, 0) is 49.4 Å². The lowest BCUT2D eigenvalue weighted by molar-refractivity contribution is -0.161. The van der Waals surface area contributed by atoms with Crippen LogP contribution < -0.4 is 0 Å². The molecule has 17 nitrogen and oxygen atoms in total. The number of phosphoric acid groups is 2. The summed E-state index contributed by atoms with van der Waals surface area (Å²) in [6.45, 7) is 13.9. The van der Waals surface area contributed by atoms with Gasteiger partial charge in [0.15, 0.2) is 12.2 Å². The minimum atomic E-state index is -4.95. The lowest BCUT2D eigenvalue weighted by Gasteiger charge is -2.21. The molecule has 0 amide bonds. The third-order valence-electron chi connectivity index (χ3n) is 15.3. The number of hydrogen-bond acceptors (Lipinski definition) is 15. The van der Waals surface area contributed by atoms with Crippen LogP contribution in [0.4, 0.5) is 0 Å². The molecule has 0 radical (unpaired) electrons. The molecule has 0 saturated heterocycles. The van der Waals surface area contributed by atoms with Crippen LogP contribution in [0.15, 0.2) is 0 Å². The number of rotatable bonds is 64. The van der Waals surface area contributed by atoms with E-state index in [-0.39, 0.29) is 25.7 Å². The second kappa shape index (κ2) is 57.0. The predicted molar refractivity (Wildman–Crippen MR) is 344 cm³/mol. The normalized spacial score (nSPS) is 14.4. The molecule has 0 rings (SSSR count). The highest BCUT2D eigenvalue weighted by Gasteiger charge is 2.30. The number of unbranched alkanes of at least 4 members (excludes halogenated alkanes) is 30. The fraction of sp³-hybridized carbons (Fsp3) is 0.940. The van der Waals surface area contributed by atoms with Crippen molar-refractivity contribution in [1.82, 2.24) is 0 Å². The van der Waals surface area contributed by atoms with Crippen molar-refractivity contribution in [2.75, 3.05) is 39.6 Å². The molecule has 0 heterocycles. The van der Waals surface area contributed by atoms with Crippen molar-refractivity contribution in [3.8, 4) is 0 Å². The van der Waals surface area contributed by atoms with Gasteiger partial charge in [-0.15, -0.1) is 0 Å². The van der Waals surface area contributed by atoms with Crippen LogP contribution in [0.2, 0.25) is 0 Å². The Morgan fingerprint density at radius 1 is 0.291 bits per heavy atom. The van der Waals surface area contributed by atoms with Gasteiger partial charge in [0.05, 0.1) is 26.4 Å². The van der Waals surface area contributed by atoms with E-state index >= 15 is 0 Å². The summed E-state index contributed by atoms with van der Waals surface area (Å²) in [5, 5.41) is 10.5. The Hall–Kier alpha value is -1.94. The molecule has 0 saturated carbocycles. The first-order valence-electron chi connectivity index (χ1n) is 34.7. The highest BCUT2D eigenvalue weighted by atomic mass is 31.2. The van der Waals surface area contributed by atoms with Crippen molar-refractivity contribution >= 4 is 39.5 Å². The van der Waals surface area contributed by atoms with Crippen molar-refractivity contribution in [1.29, 1.82) is 0 Å². The second-order valence-electron chi connectivity index (χ2n) is 26.1. The SMILES string of the molecule is CC(C)CCCCCCCCCCCCCCCCC(=O)OC[C@H](COP(=O)(O)OC[C@@H](O)COP(=O)(O)OC[C@@H](COC(=O)CCCCCCCCC(C)C)OC(=O)CCCCCCCCC(C)C)OC(=O)CCCCCCCCCCC(C)C. The van der Waals surface area contributed by atoms with Gasteiger partial charge in [-0.2, -0.15) is 0 Å². The van der Waals surface area contributed by atoms with Crippen molar-refractivity contribution < 1.29 is 80.2 Å². The highest BCUT2D eigenvalue weighted by Crippen LogP contribution is 2.45. The molecule has 0 aliphatic rings. The Labute approximate surface area is 524 Å². The van der Waals surface area contributed by atoms with Gasteiger partial charge in [0.25, 0.3) is 0 Å². The zero-order chi connectivity index (χ0) is 63.9. The first-order chi connectivity index (χ1) is 41.1. The Bertz CT molecular complexity index is 1710. The average Bonchev–Trinajstić information content (AvgIpc) is 3.46. The first-order valence-corrected chi connectivity index (χ1v) is 37.7. The van der Waals surface area contributed by atoms with Gasteiger partial charge < -0.3 is 33.8 Å². The van der Waals surface area contributed by atoms with Gasteiger partial charge in [0.1, 0.15) is 19.3 Å². The molecule has 0 aromatic heterocycles. The minimum absolute atomic E-state index is 0.100. The Balaban J connectivity index is 5.19. The van der Waals surface area contributed by atoms with E-state index < -0.39 is 97.5 Å². The van der Waals surface area contributed by atoms with E-state index in [1.807, 2.05) is 0 Å². The van der Waals surface area contributed by atoms with E-state index in [0.717, 1.165) is 108 Å². The molecule has 0 spiro atoms. The summed E-state index contributed by atoms with van der Waals surface area (Å²) in [5.74, 6) is 0.725. The van der Waals surface area contributed by atoms with Crippen LogP contribution in [0.5, 0.6) is 0 Å². The highest BCUT2D eigenvalue weighted by molar-refractivity contribution is 7.47. The molecule has 0 aromatic carbocycles. The largest absolute Gasteiger partial charge is 0.472 e. The molecule has 19 heteroatoms. The van der Waals surface area contributed by atoms with Gasteiger partial charge in [-0.25, -0.2) is 9.13 Å². The third kappa shape index (κ3) is 60.9. The van der Waals surface area contributed by atoms with E-state index in [4.69, 9.17) is 37.0 Å². The summed E-state index contributed by atoms with van der Waals surface area (Å²) in [5.41, 5.74) is 0. The standard InChI is InChI=1S/C67H130O17P2/c1-57(2)43-35-27-19-15-13-11-9-10-12-14-16-21-31-39-47-64(69)77-53-62(83-66(71)49-41-33-22-18-17-20-28-36-44-58(3)4)55-81-85(73,74)79-51-61(68)52-80-86(75,76)82-56-63(84-67(72)50-42-34-26-24-30-38-46-60(7)8)54-78-65(70)48-40-32-25-23-29-37-45-59(5)6/h57-63,68H,9-56H2,1-8H3,(H,73,74)(H,75,76)/t61-,62-,63-/m1/s1. The number of carbonyl (C=O) groups excluding carboxylic acids is 4. The average molecular weight is 1270 g/mol. The van der Waals surface area contributed by atoms with Crippen molar-refractivity contribution in [2.24, 2.45) is 23.7 Å². The van der Waals surface area contributed by atoms with E-state index in [0.29, 0.717) is 37.5 Å². The van der Waals surface area contributed by atoms with Gasteiger partial charge in [0.2, 0.25) is 0 Å². The molecule has 0 aliphatic carbocycles. The van der Waals surface area contributed by atoms with Crippen LogP contribution >= 0.6 is 15.6 Å². The summed E-state index contributed by atoms with van der Waals surface area (Å²) in [7, 11) is -9.89. The topological polar surface area (TPSA) is 237 Å². The maximum atomic E-state index is 13.0. The summed E-state index contributed by atoms with van der Waals surface area (Å²) < 4.78 is 68.0. The van der Waals surface area contributed by atoms with Crippen molar-refractivity contribution in [2.45, 2.75) is 343 Å². The van der Waals surface area contributed by atoms with Crippen LogP contribution in [-0.4, -0.2) is 96.7 Å². The summed E-state index contributed by atoms with van der Waals surface area (Å²) in [4.78, 5) is 72.3. The number of phosphoric ester groups is 2. The van der Waals surface area contributed by atoms with Gasteiger partial charge in [-0.1, -0.05) is 274 Å². The smallest absolute Gasteiger partial charge is 0.462 e. The monoisotopic (exact) mass is 1270 g/mol. The number of aliphatic hydroxyl groups excluding tert-OH is 1. The quantitative estimate of drug-likeness (QED) is 0.0222. The fourth-order valence-corrected chi connectivity index (χ4v) is 11.5. The lowest BCUT2D eigenvalue weighted by Crippen LogP contribution is -2.30. The lowest BCUT2D eigenvalue weighted by atomic mass is 10.0. The maximum Gasteiger partial charge on any atom is 0.472 e. The van der Waals surface area contributed by atoms with Crippen LogP contribution in [0.1, 0.15) is 325 Å². The third-order valence-corrected chi connectivity index (χ3v) is 17.2. The fourth-order valence-electron chi connectivity index (χ4n) is 9.96. The van der Waals surface area contributed by atoms with Crippen molar-refractivity contribution in [3.63, 3.8) is 0 Å². The van der Waals surface area contributed by atoms with Gasteiger partial charge >= 0.3 is 39.5 Å². The number of hydrogen-bond donors (Lipinski definition) is 3. The van der Waals surface area contributed by atoms with E-state index in [9.17, 15) is 43.2 Å². The molecule has 0 aromatic rings. The number of ether oxygens (including phenoxy) is 4. The molecule has 2 unspecified atom stereocenters. The second-order valence-corrected chi connectivity index (χ2v) is 29.0. The Morgan fingerprint density at radius 3 is 0.721 bits per heavy atom. The molecule has 86 heavy (non-hydrogen) atoms. The van der Waals surface area contributed by atoms with Crippen LogP contribution in [0.3, 0.4) is 0 Å². The van der Waals surface area contributed by atoms with Gasteiger partial charge in [-0.3, -0.25) is 37.3 Å². The molecular formula is C67H130O17P2. The summed E-state index contributed by atoms with van der Waals surface area (Å²) in [6.07, 6.45) is 38.0. The van der Waals surface area contributed by atoms with E-state index in [1.165, 1.54) is 122 Å². The molecule has 510 valence electrons. The van der Waals surface area contributed by atoms with Crippen LogP contribution in [0, 0.1) is 23.7 Å². The molecular weight excluding hydrogens is 1140 g/mol. The minimum Gasteiger partial charge on any atom is -0.462 e. The summed E-state index contributed by atoms with van der Waals surface area (Å²) in [6, 6.07) is 0. The first kappa shape index (κ1) is 84.1. The predicted octanol–water partition coefficient (Wildman–Crippen LogP) is 18.5. The Morgan fingerprint density at radius 2 is 0.488 bits per heavy atom. The van der Waals surface area contributed by atoms with Crippen LogP contribution in [-0.2, 0) is 65.4 Å². The number of aliphatic hydroxyl groups is 1. The van der Waals surface area contributed by atoms with Crippen LogP contribution in [0.25, 0.3) is 0 Å². The molecule has 0 fully saturated rings. The van der Waals surface area contributed by atoms with Crippen molar-refractivity contribution in [3.05, 3.63) is 0 Å². The van der Waals surface area contributed by atoms with E-state index in [2.05, 4.69) is 55.4 Å². The number of esters is 4. The Kier molecular flexibility index (Phi) is 55.7. The molecule has 5 atom stereocenters. The molecule has 3 N–H and O–H groups in total. The summed E-state index contributed by atoms with van der Waals surface area (Å²) >= 11 is 0. The zero-order valence-electron chi connectivity index (χ0n) is 55.9. The van der Waals surface area contributed by atoms with E-state index in [1.54, 1.807) is 0 Å². The number of carbonyl (C=O) groups is 4. The zero-order valence-corrected chi connectivity index (χ0v) is 57.7. The molecule has 0 bridgehead atoms. The maximum absolute atomic E-state index is 13.0. The van der Waals surface area contributed by atoms with Gasteiger partial charge in [0, 0.05) is 25.7 Å².